The van der Waals surface area contributed by atoms with E-state index in [2.05, 4.69) is 6.92 Å². The van der Waals surface area contributed by atoms with Crippen molar-refractivity contribution in [1.29, 1.82) is 0 Å². The van der Waals surface area contributed by atoms with E-state index in [4.69, 9.17) is 14.2 Å². The van der Waals surface area contributed by atoms with Crippen LogP contribution in [-0.2, 0) is 19.0 Å². The fourth-order valence-electron chi connectivity index (χ4n) is 7.25. The molecule has 250 valence electrons. The predicted molar refractivity (Wildman–Crippen MR) is 174 cm³/mol. The largest absolute Gasteiger partial charge is 0.455 e. The number of esters is 1. The Morgan fingerprint density at radius 2 is 1.07 bits per heavy atom. The molecular weight excluding hydrogens is 540 g/mol. The summed E-state index contributed by atoms with van der Waals surface area (Å²) in [5.74, 6) is -0.114. The third kappa shape index (κ3) is 14.3. The Bertz CT molecular complexity index is 768. The van der Waals surface area contributed by atoms with Gasteiger partial charge in [-0.25, -0.2) is 4.79 Å². The number of aliphatic hydroxyl groups excluding tert-OH is 2. The highest BCUT2D eigenvalue weighted by molar-refractivity contribution is 5.90. The number of hydrogen-bond donors (Lipinski definition) is 2. The maximum Gasteiger partial charge on any atom is 0.334 e. The topological polar surface area (TPSA) is 85.2 Å². The van der Waals surface area contributed by atoms with Gasteiger partial charge in [-0.15, -0.1) is 0 Å². The lowest BCUT2D eigenvalue weighted by atomic mass is 10.0. The minimum Gasteiger partial charge on any atom is -0.455 e. The van der Waals surface area contributed by atoms with Crippen molar-refractivity contribution >= 4 is 5.97 Å². The molecule has 0 bridgehead atoms. The first-order valence-electron chi connectivity index (χ1n) is 18.6. The van der Waals surface area contributed by atoms with Crippen molar-refractivity contribution in [2.75, 3.05) is 0 Å². The Morgan fingerprint density at radius 3 is 1.49 bits per heavy atom. The van der Waals surface area contributed by atoms with Gasteiger partial charge < -0.3 is 24.4 Å². The summed E-state index contributed by atoms with van der Waals surface area (Å²) in [6, 6.07) is 0. The van der Waals surface area contributed by atoms with Crippen LogP contribution in [0.4, 0.5) is 0 Å². The second-order valence-corrected chi connectivity index (χ2v) is 13.9. The van der Waals surface area contributed by atoms with Gasteiger partial charge in [-0.2, -0.15) is 0 Å². The van der Waals surface area contributed by atoms with Crippen LogP contribution in [0.5, 0.6) is 0 Å². The van der Waals surface area contributed by atoms with Crippen LogP contribution < -0.4 is 0 Å². The van der Waals surface area contributed by atoms with Crippen LogP contribution in [0.25, 0.3) is 0 Å². The van der Waals surface area contributed by atoms with Crippen LogP contribution >= 0.6 is 0 Å². The Hall–Kier alpha value is -0.950. The summed E-state index contributed by atoms with van der Waals surface area (Å²) in [4.78, 5) is 11.6. The normalized spacial score (nSPS) is 27.0. The van der Waals surface area contributed by atoms with E-state index in [0.29, 0.717) is 0 Å². The quantitative estimate of drug-likeness (QED) is 0.0797. The molecule has 0 radical (unpaired) electrons. The molecule has 0 unspecified atom stereocenters. The average molecular weight is 607 g/mol. The number of hydrogen-bond acceptors (Lipinski definition) is 6. The molecule has 0 aliphatic carbocycles. The van der Waals surface area contributed by atoms with E-state index < -0.39 is 0 Å². The lowest BCUT2D eigenvalue weighted by Crippen LogP contribution is -2.33. The Kier molecular flexibility index (Phi) is 18.5. The van der Waals surface area contributed by atoms with Gasteiger partial charge in [-0.3, -0.25) is 0 Å². The predicted octanol–water partition coefficient (Wildman–Crippen LogP) is 8.89. The van der Waals surface area contributed by atoms with Crippen molar-refractivity contribution in [3.8, 4) is 0 Å². The maximum absolute atomic E-state index is 11.6. The Balaban J connectivity index is 1.11. The molecule has 0 amide bonds. The second-order valence-electron chi connectivity index (χ2n) is 13.9. The van der Waals surface area contributed by atoms with Gasteiger partial charge in [0, 0.05) is 5.57 Å². The van der Waals surface area contributed by atoms with E-state index in [9.17, 15) is 15.0 Å². The molecule has 6 nitrogen and oxygen atoms in total. The van der Waals surface area contributed by atoms with Crippen molar-refractivity contribution in [2.45, 2.75) is 217 Å². The molecule has 3 aliphatic heterocycles. The molecule has 0 saturated carbocycles. The number of aliphatic hydroxyl groups is 2. The van der Waals surface area contributed by atoms with Gasteiger partial charge in [0.15, 0.2) is 0 Å². The molecule has 2 fully saturated rings. The third-order valence-electron chi connectivity index (χ3n) is 9.98. The summed E-state index contributed by atoms with van der Waals surface area (Å²) in [6.07, 6.45) is 30.0. The van der Waals surface area contributed by atoms with Gasteiger partial charge in [-0.05, 0) is 64.4 Å². The average Bonchev–Trinajstić information content (AvgIpc) is 3.75. The van der Waals surface area contributed by atoms with Gasteiger partial charge in [0.25, 0.3) is 0 Å². The van der Waals surface area contributed by atoms with Crippen molar-refractivity contribution in [3.05, 3.63) is 11.6 Å². The Morgan fingerprint density at radius 1 is 0.651 bits per heavy atom. The van der Waals surface area contributed by atoms with Crippen molar-refractivity contribution in [3.63, 3.8) is 0 Å². The molecule has 7 atom stereocenters. The zero-order chi connectivity index (χ0) is 30.7. The maximum atomic E-state index is 11.6. The molecular formula is C37H66O6. The molecule has 0 aromatic heterocycles. The van der Waals surface area contributed by atoms with Crippen LogP contribution in [0.15, 0.2) is 11.6 Å². The molecule has 3 aliphatic rings. The summed E-state index contributed by atoms with van der Waals surface area (Å²) in [7, 11) is 0. The highest BCUT2D eigenvalue weighted by atomic mass is 16.6. The molecule has 2 saturated heterocycles. The molecule has 0 aromatic carbocycles. The molecule has 3 rings (SSSR count). The second kappa shape index (κ2) is 21.7. The fourth-order valence-corrected chi connectivity index (χ4v) is 7.25. The van der Waals surface area contributed by atoms with Crippen molar-refractivity contribution in [2.24, 2.45) is 0 Å². The van der Waals surface area contributed by atoms with E-state index in [1.165, 1.54) is 96.3 Å². The van der Waals surface area contributed by atoms with Crippen LogP contribution in [0.1, 0.15) is 174 Å². The van der Waals surface area contributed by atoms with Crippen LogP contribution in [0.2, 0.25) is 0 Å². The minimum absolute atomic E-state index is 0.0433. The first kappa shape index (κ1) is 36.5. The van der Waals surface area contributed by atoms with E-state index in [1.807, 2.05) is 13.0 Å². The zero-order valence-corrected chi connectivity index (χ0v) is 27.8. The number of cyclic esters (lactones) is 1. The minimum atomic E-state index is -0.371. The molecule has 43 heavy (non-hydrogen) atoms. The zero-order valence-electron chi connectivity index (χ0n) is 27.8. The van der Waals surface area contributed by atoms with Crippen molar-refractivity contribution in [1.82, 2.24) is 0 Å². The van der Waals surface area contributed by atoms with Gasteiger partial charge in [0.1, 0.15) is 6.10 Å². The molecule has 0 aromatic rings. The fraction of sp³-hybridized carbons (Fsp3) is 0.919. The molecule has 0 spiro atoms. The smallest absolute Gasteiger partial charge is 0.334 e. The highest BCUT2D eigenvalue weighted by Crippen LogP contribution is 2.34. The summed E-state index contributed by atoms with van der Waals surface area (Å²) in [6.45, 7) is 4.17. The molecule has 3 heterocycles. The third-order valence-corrected chi connectivity index (χ3v) is 9.98. The van der Waals surface area contributed by atoms with E-state index >= 15 is 0 Å². The number of carbonyl (C=O) groups is 1. The summed E-state index contributed by atoms with van der Waals surface area (Å²) in [5, 5.41) is 21.4. The number of unbranched alkanes of at least 4 members (excludes halogenated alkanes) is 16. The lowest BCUT2D eigenvalue weighted by Gasteiger charge is -2.24. The first-order chi connectivity index (χ1) is 21.0. The first-order valence-corrected chi connectivity index (χ1v) is 18.6. The monoisotopic (exact) mass is 606 g/mol. The molecule has 6 heteroatoms. The SMILES string of the molecule is CCCCCCCCC[C@H](O)[C@H]1CC[C@H]([C@H]2CC[C@H]([C@H](O)CCCCCCCCCCCCCC3=C[C@H](C)OC3=O)O2)O1. The van der Waals surface area contributed by atoms with E-state index in [1.54, 1.807) is 0 Å². The van der Waals surface area contributed by atoms with E-state index in [0.717, 1.165) is 69.8 Å². The highest BCUT2D eigenvalue weighted by Gasteiger charge is 2.40. The number of ether oxygens (including phenoxy) is 3. The van der Waals surface area contributed by atoms with E-state index in [-0.39, 0.29) is 48.7 Å². The number of rotatable bonds is 25. The van der Waals surface area contributed by atoms with Crippen LogP contribution in [-0.4, -0.2) is 58.9 Å². The number of carbonyl (C=O) groups excluding carboxylic acids is 1. The molecule has 2 N–H and O–H groups in total. The summed E-state index contributed by atoms with van der Waals surface area (Å²) >= 11 is 0. The van der Waals surface area contributed by atoms with Gasteiger partial charge in [-0.1, -0.05) is 116 Å². The van der Waals surface area contributed by atoms with Gasteiger partial charge >= 0.3 is 5.97 Å². The van der Waals surface area contributed by atoms with Crippen LogP contribution in [0.3, 0.4) is 0 Å². The summed E-state index contributed by atoms with van der Waals surface area (Å²) < 4.78 is 17.7. The van der Waals surface area contributed by atoms with Crippen LogP contribution in [0, 0.1) is 0 Å². The van der Waals surface area contributed by atoms with Gasteiger partial charge in [0.2, 0.25) is 0 Å². The standard InChI is InChI=1S/C37H66O6/c1-3-4-5-6-12-16-19-22-31(38)33-24-26-35(42-33)36-27-25-34(43-36)32(39)23-20-17-14-11-9-7-8-10-13-15-18-21-30-28-29(2)41-37(30)40/h28-29,31-36,38-39H,3-27H2,1-2H3/t29-,31-,32+,33+,34+,35+,36+/m0/s1. The van der Waals surface area contributed by atoms with Crippen molar-refractivity contribution < 1.29 is 29.2 Å². The Labute approximate surface area is 263 Å². The van der Waals surface area contributed by atoms with Gasteiger partial charge in [0.05, 0.1) is 36.6 Å². The summed E-state index contributed by atoms with van der Waals surface area (Å²) in [5.41, 5.74) is 0.873. The lowest BCUT2D eigenvalue weighted by molar-refractivity contribution is -0.139.